The first-order valence-electron chi connectivity index (χ1n) is 15.6. The molecule has 1 atom stereocenters. The number of rotatable bonds is 21. The molecule has 0 spiro atoms. The number of hydrogen-bond donors (Lipinski definition) is 0. The lowest BCUT2D eigenvalue weighted by molar-refractivity contribution is 0.170. The van der Waals surface area contributed by atoms with E-state index in [-0.39, 0.29) is 6.61 Å². The van der Waals surface area contributed by atoms with Crippen molar-refractivity contribution < 1.29 is 13.9 Å². The summed E-state index contributed by atoms with van der Waals surface area (Å²) in [4.78, 5) is 9.07. The summed E-state index contributed by atoms with van der Waals surface area (Å²) in [5.74, 6) is 2.45. The molecule has 1 aliphatic rings. The van der Waals surface area contributed by atoms with Crippen LogP contribution in [-0.4, -0.2) is 29.4 Å². The molecule has 1 aromatic heterocycles. The second-order valence-corrected chi connectivity index (χ2v) is 11.1. The van der Waals surface area contributed by atoms with E-state index in [0.717, 1.165) is 50.0 Å². The molecule has 5 heteroatoms. The Balaban J connectivity index is 1.35. The van der Waals surface area contributed by atoms with E-state index >= 15 is 0 Å². The molecule has 0 radical (unpaired) electrons. The second kappa shape index (κ2) is 19.0. The van der Waals surface area contributed by atoms with Gasteiger partial charge in [-0.05, 0) is 18.8 Å². The number of benzene rings is 1. The first-order chi connectivity index (χ1) is 18.8. The highest BCUT2D eigenvalue weighted by molar-refractivity contribution is 5.56. The fourth-order valence-electron chi connectivity index (χ4n) is 5.41. The van der Waals surface area contributed by atoms with Crippen molar-refractivity contribution in [2.45, 2.75) is 129 Å². The van der Waals surface area contributed by atoms with Crippen LogP contribution in [0.4, 0.5) is 4.39 Å². The van der Waals surface area contributed by atoms with Gasteiger partial charge in [-0.2, -0.15) is 4.98 Å². The fourth-order valence-corrected chi connectivity index (χ4v) is 5.41. The largest absolute Gasteiger partial charge is 0.487 e. The summed E-state index contributed by atoms with van der Waals surface area (Å²) >= 11 is 0. The Hall–Kier alpha value is -2.17. The van der Waals surface area contributed by atoms with Crippen LogP contribution in [-0.2, 0) is 0 Å². The number of aromatic nitrogens is 2. The van der Waals surface area contributed by atoms with Gasteiger partial charge in [-0.15, -0.1) is 0 Å². The number of hydrogen-bond acceptors (Lipinski definition) is 4. The Kier molecular flexibility index (Phi) is 15.2. The lowest BCUT2D eigenvalue weighted by Crippen LogP contribution is -2.14. The van der Waals surface area contributed by atoms with Crippen LogP contribution in [0.15, 0.2) is 36.5 Å². The molecular formula is C33H51FN2O2. The average molecular weight is 527 g/mol. The van der Waals surface area contributed by atoms with E-state index in [1.165, 1.54) is 70.6 Å². The molecule has 1 unspecified atom stereocenters. The molecule has 1 aliphatic carbocycles. The Morgan fingerprint density at radius 1 is 0.842 bits per heavy atom. The zero-order chi connectivity index (χ0) is 26.7. The third-order valence-electron chi connectivity index (χ3n) is 7.77. The maximum absolute atomic E-state index is 14.5. The molecular weight excluding hydrogens is 475 g/mol. The Bertz CT molecular complexity index is 857. The predicted octanol–water partition coefficient (Wildman–Crippen LogP) is 9.91. The smallest absolute Gasteiger partial charge is 0.260 e. The average Bonchev–Trinajstić information content (AvgIpc) is 3.47. The Labute approximate surface area is 231 Å². The van der Waals surface area contributed by atoms with Crippen LogP contribution in [0.25, 0.3) is 11.4 Å². The van der Waals surface area contributed by atoms with E-state index in [9.17, 15) is 4.39 Å². The number of halogens is 1. The highest BCUT2D eigenvalue weighted by atomic mass is 19.1. The van der Waals surface area contributed by atoms with Crippen LogP contribution in [0.5, 0.6) is 11.6 Å². The Morgan fingerprint density at radius 3 is 2.26 bits per heavy atom. The van der Waals surface area contributed by atoms with Crippen molar-refractivity contribution in [3.8, 4) is 23.0 Å². The number of alkyl halides is 1. The molecule has 1 fully saturated rings. The fraction of sp³-hybridized carbons (Fsp3) is 0.697. The standard InChI is InChI=1S/C33H51FN2O2/c1-2-3-4-15-24-30(34)27-38-33-31(26-35-32(36-33)29-22-13-11-14-23-29)37-25-18-10-8-6-5-7-9-12-19-28-20-16-17-21-28/h11,13-14,22-23,26,28,30H,2-10,12,15-21,24-25,27H2,1H3. The van der Waals surface area contributed by atoms with Crippen LogP contribution in [0, 0.1) is 5.92 Å². The minimum Gasteiger partial charge on any atom is -0.487 e. The van der Waals surface area contributed by atoms with Gasteiger partial charge in [-0.1, -0.05) is 140 Å². The molecule has 0 aliphatic heterocycles. The summed E-state index contributed by atoms with van der Waals surface area (Å²) in [7, 11) is 0. The molecule has 1 aromatic carbocycles. The minimum atomic E-state index is -1.00. The minimum absolute atomic E-state index is 0.00557. The molecule has 3 rings (SSSR count). The van der Waals surface area contributed by atoms with Crippen molar-refractivity contribution in [1.29, 1.82) is 0 Å². The molecule has 38 heavy (non-hydrogen) atoms. The van der Waals surface area contributed by atoms with Crippen LogP contribution in [0.1, 0.15) is 122 Å². The molecule has 4 nitrogen and oxygen atoms in total. The summed E-state index contributed by atoms with van der Waals surface area (Å²) in [6.45, 7) is 2.76. The van der Waals surface area contributed by atoms with Gasteiger partial charge in [0.15, 0.2) is 11.6 Å². The van der Waals surface area contributed by atoms with Gasteiger partial charge in [0, 0.05) is 5.56 Å². The van der Waals surface area contributed by atoms with E-state index in [4.69, 9.17) is 9.47 Å². The summed E-state index contributed by atoms with van der Waals surface area (Å²) in [6.07, 6.45) is 23.1. The van der Waals surface area contributed by atoms with Crippen molar-refractivity contribution in [3.05, 3.63) is 36.5 Å². The normalized spacial score (nSPS) is 14.6. The van der Waals surface area contributed by atoms with Gasteiger partial charge in [0.1, 0.15) is 12.8 Å². The van der Waals surface area contributed by atoms with Crippen molar-refractivity contribution in [2.24, 2.45) is 5.92 Å². The highest BCUT2D eigenvalue weighted by Crippen LogP contribution is 2.30. The third-order valence-corrected chi connectivity index (χ3v) is 7.77. The maximum atomic E-state index is 14.5. The zero-order valence-electron chi connectivity index (χ0n) is 23.8. The number of ether oxygens (including phenoxy) is 2. The van der Waals surface area contributed by atoms with Crippen LogP contribution >= 0.6 is 0 Å². The molecule has 2 aromatic rings. The molecule has 212 valence electrons. The maximum Gasteiger partial charge on any atom is 0.260 e. The van der Waals surface area contributed by atoms with Crippen LogP contribution < -0.4 is 9.47 Å². The van der Waals surface area contributed by atoms with Crippen molar-refractivity contribution in [2.75, 3.05) is 13.2 Å². The summed E-state index contributed by atoms with van der Waals surface area (Å²) in [5, 5.41) is 0. The van der Waals surface area contributed by atoms with E-state index in [1.807, 2.05) is 30.3 Å². The van der Waals surface area contributed by atoms with Crippen molar-refractivity contribution in [1.82, 2.24) is 9.97 Å². The van der Waals surface area contributed by atoms with Crippen LogP contribution in [0.3, 0.4) is 0 Å². The lowest BCUT2D eigenvalue weighted by Gasteiger charge is -2.14. The van der Waals surface area contributed by atoms with Crippen molar-refractivity contribution in [3.63, 3.8) is 0 Å². The molecule has 1 heterocycles. The van der Waals surface area contributed by atoms with Crippen LogP contribution in [0.2, 0.25) is 0 Å². The van der Waals surface area contributed by atoms with Gasteiger partial charge in [-0.25, -0.2) is 9.37 Å². The summed E-state index contributed by atoms with van der Waals surface area (Å²) in [6, 6.07) is 9.78. The monoisotopic (exact) mass is 526 g/mol. The summed E-state index contributed by atoms with van der Waals surface area (Å²) < 4.78 is 26.3. The van der Waals surface area contributed by atoms with Gasteiger partial charge in [0.05, 0.1) is 12.8 Å². The molecule has 0 amide bonds. The van der Waals surface area contributed by atoms with Gasteiger partial charge in [-0.3, -0.25) is 0 Å². The SMILES string of the molecule is CCCCCCC(F)COc1nc(-c2ccccc2)ncc1OCCCCCCCCCCC1CCCC1. The Morgan fingerprint density at radius 2 is 1.53 bits per heavy atom. The van der Waals surface area contributed by atoms with E-state index in [0.29, 0.717) is 30.5 Å². The topological polar surface area (TPSA) is 44.2 Å². The molecule has 0 N–H and O–H groups in total. The van der Waals surface area contributed by atoms with E-state index < -0.39 is 6.17 Å². The van der Waals surface area contributed by atoms with Gasteiger partial charge >= 0.3 is 0 Å². The third kappa shape index (κ3) is 12.1. The molecule has 0 saturated heterocycles. The molecule has 0 bridgehead atoms. The van der Waals surface area contributed by atoms with E-state index in [2.05, 4.69) is 16.9 Å². The first-order valence-corrected chi connectivity index (χ1v) is 15.6. The lowest BCUT2D eigenvalue weighted by atomic mass is 9.99. The van der Waals surface area contributed by atoms with E-state index in [1.54, 1.807) is 6.20 Å². The number of nitrogens with zero attached hydrogens (tertiary/aromatic N) is 2. The first kappa shape index (κ1) is 30.4. The van der Waals surface area contributed by atoms with Gasteiger partial charge in [0.2, 0.25) is 0 Å². The highest BCUT2D eigenvalue weighted by Gasteiger charge is 2.15. The zero-order valence-corrected chi connectivity index (χ0v) is 23.8. The predicted molar refractivity (Wildman–Crippen MR) is 156 cm³/mol. The van der Waals surface area contributed by atoms with Gasteiger partial charge in [0.25, 0.3) is 5.88 Å². The second-order valence-electron chi connectivity index (χ2n) is 11.1. The van der Waals surface area contributed by atoms with Gasteiger partial charge < -0.3 is 9.47 Å². The van der Waals surface area contributed by atoms with Crippen molar-refractivity contribution >= 4 is 0 Å². The molecule has 1 saturated carbocycles. The quantitative estimate of drug-likeness (QED) is 0.152. The number of unbranched alkanes of at least 4 members (excludes halogenated alkanes) is 10. The summed E-state index contributed by atoms with van der Waals surface area (Å²) in [5.41, 5.74) is 0.902.